The summed E-state index contributed by atoms with van der Waals surface area (Å²) in [6.07, 6.45) is 4.53. The summed E-state index contributed by atoms with van der Waals surface area (Å²) < 4.78 is 49.0. The molecule has 1 heterocycles. The van der Waals surface area contributed by atoms with Gasteiger partial charge in [-0.3, -0.25) is 23.7 Å². The zero-order valence-electron chi connectivity index (χ0n) is 23.1. The summed E-state index contributed by atoms with van der Waals surface area (Å²) in [5, 5.41) is 0. The second-order valence-electron chi connectivity index (χ2n) is 10.6. The third-order valence-corrected chi connectivity index (χ3v) is 9.38. The van der Waals surface area contributed by atoms with Gasteiger partial charge >= 0.3 is 15.6 Å². The maximum atomic E-state index is 14.2. The first-order valence-electron chi connectivity index (χ1n) is 14.0. The molecule has 0 bridgehead atoms. The lowest BCUT2D eigenvalue weighted by Crippen LogP contribution is -2.49. The number of benzene rings is 3. The van der Waals surface area contributed by atoms with E-state index in [4.69, 9.17) is 18.1 Å². The molecular weight excluding hydrogens is 564 g/mol. The molecule has 3 aromatic carbocycles. The van der Waals surface area contributed by atoms with E-state index < -0.39 is 15.6 Å². The first-order chi connectivity index (χ1) is 19.7. The summed E-state index contributed by atoms with van der Waals surface area (Å²) in [6, 6.07) is 22.1. The van der Waals surface area contributed by atoms with Gasteiger partial charge in [0.25, 0.3) is 0 Å². The van der Waals surface area contributed by atoms with Crippen LogP contribution >= 0.6 is 15.6 Å². The highest BCUT2D eigenvalue weighted by Gasteiger charge is 2.40. The van der Waals surface area contributed by atoms with Gasteiger partial charge in [0.2, 0.25) is 0 Å². The zero-order chi connectivity index (χ0) is 28.9. The summed E-state index contributed by atoms with van der Waals surface area (Å²) >= 11 is 0. The van der Waals surface area contributed by atoms with E-state index in [1.54, 1.807) is 0 Å². The van der Waals surface area contributed by atoms with E-state index in [1.807, 2.05) is 66.7 Å². The number of nitrogens with zero attached hydrogens (tertiary/aromatic N) is 1. The van der Waals surface area contributed by atoms with E-state index >= 15 is 0 Å². The van der Waals surface area contributed by atoms with E-state index in [0.29, 0.717) is 18.4 Å². The van der Waals surface area contributed by atoms with Gasteiger partial charge in [0.05, 0.1) is 13.2 Å². The maximum absolute atomic E-state index is 14.2. The standard InChI is InChI=1S/C30H37NO8P2/c1-2-17-31-18-9-14-26-19-27-25(20-28(26)31)15-16-29(38-40(32,33)34)30(27)39-41(35,36-21-23-10-5-3-6-11-23)37-22-24-12-7-4-8-13-24/h3-8,10-13,15-16,26,28H,2,9,14,17-22H2,1H3,(H2,32,33,34)/t26-,28-/m1/s1. The number of phosphoric acid groups is 2. The Balaban J connectivity index is 1.50. The fraction of sp³-hybridized carbons (Fsp3) is 0.400. The largest absolute Gasteiger partial charge is 0.530 e. The minimum atomic E-state index is -4.95. The average molecular weight is 602 g/mol. The molecule has 1 aliphatic carbocycles. The lowest BCUT2D eigenvalue weighted by molar-refractivity contribution is 0.0846. The van der Waals surface area contributed by atoms with Crippen molar-refractivity contribution >= 4 is 15.6 Å². The Bertz CT molecular complexity index is 1350. The first kappa shape index (κ1) is 30.0. The molecule has 9 nitrogen and oxygen atoms in total. The van der Waals surface area contributed by atoms with Crippen LogP contribution in [0.5, 0.6) is 11.5 Å². The normalized spacial score (nSPS) is 19.3. The molecule has 5 rings (SSSR count). The second kappa shape index (κ2) is 13.2. The number of rotatable bonds is 12. The Morgan fingerprint density at radius 3 is 2.07 bits per heavy atom. The fourth-order valence-corrected chi connectivity index (χ4v) is 7.44. The van der Waals surface area contributed by atoms with E-state index in [0.717, 1.165) is 61.0 Å². The topological polar surface area (TPSA) is 115 Å². The Morgan fingerprint density at radius 2 is 1.49 bits per heavy atom. The van der Waals surface area contributed by atoms with Gasteiger partial charge in [0.15, 0.2) is 11.5 Å². The lowest BCUT2D eigenvalue weighted by Gasteiger charge is -2.45. The monoisotopic (exact) mass is 601 g/mol. The van der Waals surface area contributed by atoms with Crippen molar-refractivity contribution in [2.75, 3.05) is 13.1 Å². The van der Waals surface area contributed by atoms with Gasteiger partial charge in [-0.1, -0.05) is 73.7 Å². The van der Waals surface area contributed by atoms with Gasteiger partial charge in [0, 0.05) is 11.6 Å². The van der Waals surface area contributed by atoms with Gasteiger partial charge in [-0.15, -0.1) is 0 Å². The zero-order valence-corrected chi connectivity index (χ0v) is 24.9. The minimum Gasteiger partial charge on any atom is -0.400 e. The first-order valence-corrected chi connectivity index (χ1v) is 17.0. The van der Waals surface area contributed by atoms with Gasteiger partial charge in [-0.25, -0.2) is 9.13 Å². The van der Waals surface area contributed by atoms with Crippen molar-refractivity contribution in [1.82, 2.24) is 4.90 Å². The van der Waals surface area contributed by atoms with Crippen LogP contribution in [0.15, 0.2) is 72.8 Å². The molecule has 3 aromatic rings. The number of likely N-dealkylation sites (tertiary alicyclic amines) is 1. The highest BCUT2D eigenvalue weighted by molar-refractivity contribution is 7.49. The number of fused-ring (bicyclic) bond motifs is 2. The van der Waals surface area contributed by atoms with Crippen molar-refractivity contribution in [3.63, 3.8) is 0 Å². The van der Waals surface area contributed by atoms with Crippen LogP contribution < -0.4 is 9.05 Å². The van der Waals surface area contributed by atoms with E-state index in [9.17, 15) is 18.9 Å². The van der Waals surface area contributed by atoms with Crippen LogP contribution in [0.25, 0.3) is 0 Å². The highest BCUT2D eigenvalue weighted by atomic mass is 31.2. The Labute approximate surface area is 241 Å². The Hall–Kier alpha value is -2.48. The molecular formula is C30H37NO8P2. The molecule has 41 heavy (non-hydrogen) atoms. The van der Waals surface area contributed by atoms with Gasteiger partial charge in [-0.05, 0) is 73.9 Å². The second-order valence-corrected chi connectivity index (χ2v) is 13.3. The molecule has 2 N–H and O–H groups in total. The van der Waals surface area contributed by atoms with Crippen LogP contribution in [0.4, 0.5) is 0 Å². The highest BCUT2D eigenvalue weighted by Crippen LogP contribution is 2.56. The van der Waals surface area contributed by atoms with Crippen molar-refractivity contribution < 1.29 is 37.0 Å². The number of hydrogen-bond donors (Lipinski definition) is 2. The molecule has 1 fully saturated rings. The molecule has 0 unspecified atom stereocenters. The fourth-order valence-electron chi connectivity index (χ4n) is 5.82. The van der Waals surface area contributed by atoms with E-state index in [2.05, 4.69) is 11.8 Å². The number of hydrogen-bond acceptors (Lipinski definition) is 7. The van der Waals surface area contributed by atoms with Crippen molar-refractivity contribution in [2.24, 2.45) is 5.92 Å². The van der Waals surface area contributed by atoms with Gasteiger partial charge < -0.3 is 9.05 Å². The van der Waals surface area contributed by atoms with Crippen LogP contribution in [-0.2, 0) is 44.2 Å². The minimum absolute atomic E-state index is 0.00125. The van der Waals surface area contributed by atoms with Gasteiger partial charge in [0.1, 0.15) is 0 Å². The molecule has 0 saturated carbocycles. The predicted octanol–water partition coefficient (Wildman–Crippen LogP) is 6.67. The maximum Gasteiger partial charge on any atom is 0.530 e. The average Bonchev–Trinajstić information content (AvgIpc) is 2.96. The molecule has 2 atom stereocenters. The van der Waals surface area contributed by atoms with Crippen LogP contribution in [0.3, 0.4) is 0 Å². The molecule has 1 saturated heterocycles. The Kier molecular flexibility index (Phi) is 9.67. The summed E-state index contributed by atoms with van der Waals surface area (Å²) in [5.74, 6) is 0.135. The van der Waals surface area contributed by atoms with Crippen molar-refractivity contribution in [3.8, 4) is 11.5 Å². The number of phosphoric ester groups is 2. The SMILES string of the molecule is CCCN1CCC[C@@H]2Cc3c(ccc(OP(=O)(O)O)c3OP(=O)(OCc3ccccc3)OCc3ccccc3)C[C@H]21. The lowest BCUT2D eigenvalue weighted by atomic mass is 9.75. The summed E-state index contributed by atoms with van der Waals surface area (Å²) in [5.41, 5.74) is 3.23. The molecule has 220 valence electrons. The van der Waals surface area contributed by atoms with E-state index in [-0.39, 0.29) is 24.7 Å². The van der Waals surface area contributed by atoms with E-state index in [1.165, 1.54) is 6.07 Å². The van der Waals surface area contributed by atoms with Crippen molar-refractivity contribution in [2.45, 2.75) is 58.3 Å². The van der Waals surface area contributed by atoms with Crippen LogP contribution in [-0.4, -0.2) is 33.8 Å². The molecule has 0 aromatic heterocycles. The molecule has 2 aliphatic rings. The molecule has 0 spiro atoms. The molecule has 0 amide bonds. The molecule has 11 heteroatoms. The summed E-state index contributed by atoms with van der Waals surface area (Å²) in [7, 11) is -9.26. The third kappa shape index (κ3) is 7.88. The predicted molar refractivity (Wildman–Crippen MR) is 156 cm³/mol. The smallest absolute Gasteiger partial charge is 0.400 e. The summed E-state index contributed by atoms with van der Waals surface area (Å²) in [4.78, 5) is 21.9. The molecule has 1 aliphatic heterocycles. The summed E-state index contributed by atoms with van der Waals surface area (Å²) in [6.45, 7) is 4.17. The quantitative estimate of drug-likeness (QED) is 0.220. The van der Waals surface area contributed by atoms with Crippen LogP contribution in [0, 0.1) is 5.92 Å². The van der Waals surface area contributed by atoms with Crippen LogP contribution in [0.1, 0.15) is 48.4 Å². The van der Waals surface area contributed by atoms with Gasteiger partial charge in [-0.2, -0.15) is 0 Å². The van der Waals surface area contributed by atoms with Crippen LogP contribution in [0.2, 0.25) is 0 Å². The van der Waals surface area contributed by atoms with Crippen molar-refractivity contribution in [3.05, 3.63) is 95.1 Å². The van der Waals surface area contributed by atoms with Crippen molar-refractivity contribution in [1.29, 1.82) is 0 Å². The Morgan fingerprint density at radius 1 is 0.854 bits per heavy atom. The number of piperidine rings is 1. The molecule has 0 radical (unpaired) electrons. The third-order valence-electron chi connectivity index (χ3n) is 7.65.